The Labute approximate surface area is 171 Å². The number of morpholine rings is 1. The summed E-state index contributed by atoms with van der Waals surface area (Å²) >= 11 is 0. The van der Waals surface area contributed by atoms with Crippen LogP contribution in [0.1, 0.15) is 12.5 Å². The van der Waals surface area contributed by atoms with E-state index < -0.39 is 11.7 Å². The zero-order chi connectivity index (χ0) is 21.1. The SMILES string of the molecule is CC(F)(F)c1ccc(-c2cnnc(Nc3nc(N4CCOCC4)ccc3F)c2)cc1. The highest BCUT2D eigenvalue weighted by Gasteiger charge is 2.23. The van der Waals surface area contributed by atoms with E-state index in [1.54, 1.807) is 24.3 Å². The number of halogens is 3. The molecule has 1 aliphatic rings. The zero-order valence-corrected chi connectivity index (χ0v) is 16.3. The first-order valence-electron chi connectivity index (χ1n) is 9.48. The molecular weight excluding hydrogens is 395 g/mol. The van der Waals surface area contributed by atoms with E-state index in [1.165, 1.54) is 24.4 Å². The number of nitrogens with one attached hydrogen (secondary N) is 1. The van der Waals surface area contributed by atoms with Crippen molar-refractivity contribution < 1.29 is 17.9 Å². The van der Waals surface area contributed by atoms with Crippen LogP contribution in [0.25, 0.3) is 11.1 Å². The van der Waals surface area contributed by atoms with Crippen LogP contribution in [0.15, 0.2) is 48.7 Å². The smallest absolute Gasteiger partial charge is 0.270 e. The van der Waals surface area contributed by atoms with Gasteiger partial charge in [0.2, 0.25) is 0 Å². The molecule has 0 radical (unpaired) electrons. The Kier molecular flexibility index (Phi) is 5.54. The standard InChI is InChI=1S/C21H20F3N5O/c1-21(23,24)16-4-2-14(3-5-16)15-12-18(28-25-13-15)26-20-17(22)6-7-19(27-20)29-8-10-30-11-9-29/h2-7,12-13H,8-11H2,1H3,(H,26,27,28). The van der Waals surface area contributed by atoms with Gasteiger partial charge in [-0.3, -0.25) is 0 Å². The minimum absolute atomic E-state index is 0.0337. The lowest BCUT2D eigenvalue weighted by molar-refractivity contribution is 0.0175. The van der Waals surface area contributed by atoms with E-state index in [4.69, 9.17) is 4.74 Å². The van der Waals surface area contributed by atoms with Crippen molar-refractivity contribution in [1.82, 2.24) is 15.2 Å². The second kappa shape index (κ2) is 8.27. The highest BCUT2D eigenvalue weighted by molar-refractivity contribution is 5.67. The lowest BCUT2D eigenvalue weighted by atomic mass is 10.0. The third kappa shape index (κ3) is 4.51. The summed E-state index contributed by atoms with van der Waals surface area (Å²) in [6, 6.07) is 10.6. The van der Waals surface area contributed by atoms with Gasteiger partial charge in [0.25, 0.3) is 5.92 Å². The summed E-state index contributed by atoms with van der Waals surface area (Å²) in [5, 5.41) is 10.8. The summed E-state index contributed by atoms with van der Waals surface area (Å²) in [4.78, 5) is 6.38. The van der Waals surface area contributed by atoms with Gasteiger partial charge in [-0.05, 0) is 23.8 Å². The first-order chi connectivity index (χ1) is 14.4. The summed E-state index contributed by atoms with van der Waals surface area (Å²) in [6.45, 7) is 3.40. The van der Waals surface area contributed by atoms with E-state index in [9.17, 15) is 13.2 Å². The van der Waals surface area contributed by atoms with Gasteiger partial charge in [0.15, 0.2) is 17.5 Å². The fraction of sp³-hybridized carbons (Fsp3) is 0.286. The average Bonchev–Trinajstić information content (AvgIpc) is 2.76. The van der Waals surface area contributed by atoms with Gasteiger partial charge in [-0.15, -0.1) is 5.10 Å². The predicted molar refractivity (Wildman–Crippen MR) is 108 cm³/mol. The van der Waals surface area contributed by atoms with E-state index >= 15 is 0 Å². The van der Waals surface area contributed by atoms with Crippen LogP contribution in [0.4, 0.5) is 30.6 Å². The van der Waals surface area contributed by atoms with E-state index in [0.29, 0.717) is 49.1 Å². The molecule has 0 amide bonds. The number of anilines is 3. The third-order valence-electron chi connectivity index (χ3n) is 4.79. The minimum atomic E-state index is -2.91. The summed E-state index contributed by atoms with van der Waals surface area (Å²) in [5.74, 6) is -2.46. The second-order valence-corrected chi connectivity index (χ2v) is 7.02. The topological polar surface area (TPSA) is 63.2 Å². The van der Waals surface area contributed by atoms with Gasteiger partial charge in [-0.1, -0.05) is 24.3 Å². The Bertz CT molecular complexity index is 1020. The maximum atomic E-state index is 14.3. The van der Waals surface area contributed by atoms with Crippen LogP contribution in [0, 0.1) is 5.82 Å². The van der Waals surface area contributed by atoms with Gasteiger partial charge in [0, 0.05) is 31.1 Å². The Balaban J connectivity index is 1.56. The number of hydrogen-bond donors (Lipinski definition) is 1. The molecule has 1 aliphatic heterocycles. The van der Waals surface area contributed by atoms with Crippen LogP contribution in [-0.4, -0.2) is 41.5 Å². The highest BCUT2D eigenvalue weighted by atomic mass is 19.3. The average molecular weight is 415 g/mol. The van der Waals surface area contributed by atoms with Gasteiger partial charge in [-0.25, -0.2) is 18.2 Å². The fourth-order valence-corrected chi connectivity index (χ4v) is 3.15. The molecule has 1 saturated heterocycles. The molecule has 3 heterocycles. The largest absolute Gasteiger partial charge is 0.378 e. The Morgan fingerprint density at radius 2 is 1.77 bits per heavy atom. The first kappa shape index (κ1) is 20.1. The molecule has 0 spiro atoms. The molecule has 156 valence electrons. The number of rotatable bonds is 5. The normalized spacial score (nSPS) is 14.6. The number of hydrogen-bond acceptors (Lipinski definition) is 6. The van der Waals surface area contributed by atoms with Crippen molar-refractivity contribution in [3.63, 3.8) is 0 Å². The molecule has 0 atom stereocenters. The number of ether oxygens (including phenoxy) is 1. The molecule has 3 aromatic rings. The van der Waals surface area contributed by atoms with Crippen LogP contribution in [0.5, 0.6) is 0 Å². The molecule has 30 heavy (non-hydrogen) atoms. The van der Waals surface area contributed by atoms with Crippen molar-refractivity contribution in [2.24, 2.45) is 0 Å². The summed E-state index contributed by atoms with van der Waals surface area (Å²) in [6.07, 6.45) is 1.51. The van der Waals surface area contributed by atoms with Crippen molar-refractivity contribution in [2.45, 2.75) is 12.8 Å². The molecule has 0 bridgehead atoms. The first-order valence-corrected chi connectivity index (χ1v) is 9.48. The molecule has 1 aromatic carbocycles. The van der Waals surface area contributed by atoms with Gasteiger partial charge >= 0.3 is 0 Å². The monoisotopic (exact) mass is 415 g/mol. The maximum absolute atomic E-state index is 14.3. The molecule has 4 rings (SSSR count). The number of nitrogens with zero attached hydrogens (tertiary/aromatic N) is 4. The highest BCUT2D eigenvalue weighted by Crippen LogP contribution is 2.30. The second-order valence-electron chi connectivity index (χ2n) is 7.02. The molecule has 1 N–H and O–H groups in total. The predicted octanol–water partition coefficient (Wildman–Crippen LogP) is 4.37. The van der Waals surface area contributed by atoms with Crippen LogP contribution < -0.4 is 10.2 Å². The van der Waals surface area contributed by atoms with Crippen LogP contribution >= 0.6 is 0 Å². The van der Waals surface area contributed by atoms with Gasteiger partial charge in [0.05, 0.1) is 19.4 Å². The quantitative estimate of drug-likeness (QED) is 0.668. The van der Waals surface area contributed by atoms with Crippen molar-refractivity contribution in [2.75, 3.05) is 36.5 Å². The van der Waals surface area contributed by atoms with Crippen molar-refractivity contribution >= 4 is 17.5 Å². The fourth-order valence-electron chi connectivity index (χ4n) is 3.15. The molecule has 0 aliphatic carbocycles. The van der Waals surface area contributed by atoms with Gasteiger partial charge in [0.1, 0.15) is 5.82 Å². The Hall–Kier alpha value is -3.20. The molecule has 9 heteroatoms. The maximum Gasteiger partial charge on any atom is 0.270 e. The van der Waals surface area contributed by atoms with E-state index in [2.05, 4.69) is 20.5 Å². The molecule has 0 unspecified atom stereocenters. The Morgan fingerprint density at radius 1 is 1.03 bits per heavy atom. The molecule has 0 saturated carbocycles. The number of pyridine rings is 1. The number of benzene rings is 1. The van der Waals surface area contributed by atoms with Crippen LogP contribution in [0.2, 0.25) is 0 Å². The summed E-state index contributed by atoms with van der Waals surface area (Å²) in [7, 11) is 0. The minimum Gasteiger partial charge on any atom is -0.378 e. The Morgan fingerprint density at radius 3 is 2.47 bits per heavy atom. The van der Waals surface area contributed by atoms with E-state index in [1.807, 2.05) is 4.90 Å². The van der Waals surface area contributed by atoms with Gasteiger partial charge < -0.3 is 15.0 Å². The van der Waals surface area contributed by atoms with E-state index in [-0.39, 0.29) is 11.4 Å². The van der Waals surface area contributed by atoms with Crippen LogP contribution in [-0.2, 0) is 10.7 Å². The molecule has 2 aromatic heterocycles. The number of aromatic nitrogens is 3. The van der Waals surface area contributed by atoms with Crippen LogP contribution in [0.3, 0.4) is 0 Å². The lowest BCUT2D eigenvalue weighted by Crippen LogP contribution is -2.36. The molecule has 6 nitrogen and oxygen atoms in total. The number of alkyl halides is 2. The summed E-state index contributed by atoms with van der Waals surface area (Å²) in [5.41, 5.74) is 1.28. The lowest BCUT2D eigenvalue weighted by Gasteiger charge is -2.28. The van der Waals surface area contributed by atoms with E-state index in [0.717, 1.165) is 6.92 Å². The van der Waals surface area contributed by atoms with Crippen molar-refractivity contribution in [3.8, 4) is 11.1 Å². The zero-order valence-electron chi connectivity index (χ0n) is 16.3. The van der Waals surface area contributed by atoms with Gasteiger partial charge in [-0.2, -0.15) is 5.10 Å². The molecule has 1 fully saturated rings. The molecular formula is C21H20F3N5O. The van der Waals surface area contributed by atoms with Crippen molar-refractivity contribution in [3.05, 3.63) is 60.0 Å². The summed E-state index contributed by atoms with van der Waals surface area (Å²) < 4.78 is 46.5. The van der Waals surface area contributed by atoms with Crippen molar-refractivity contribution in [1.29, 1.82) is 0 Å². The third-order valence-corrected chi connectivity index (χ3v) is 4.79.